The van der Waals surface area contributed by atoms with Gasteiger partial charge in [0.15, 0.2) is 12.4 Å². The van der Waals surface area contributed by atoms with Crippen LogP contribution in [0.5, 0.6) is 5.75 Å². The predicted molar refractivity (Wildman–Crippen MR) is 90.0 cm³/mol. The highest BCUT2D eigenvalue weighted by atomic mass is 16.5. The third-order valence-electron chi connectivity index (χ3n) is 3.35. The minimum Gasteiger partial charge on any atom is -0.484 e. The average molecular weight is 342 g/mol. The Bertz CT molecular complexity index is 827. The van der Waals surface area contributed by atoms with Crippen LogP contribution in [0.3, 0.4) is 0 Å². The number of rotatable bonds is 7. The van der Waals surface area contributed by atoms with Crippen molar-refractivity contribution >= 4 is 11.6 Å². The molecule has 2 aromatic heterocycles. The van der Waals surface area contributed by atoms with Gasteiger partial charge in [-0.3, -0.25) is 4.79 Å². The van der Waals surface area contributed by atoms with E-state index in [-0.39, 0.29) is 12.5 Å². The van der Waals surface area contributed by atoms with Gasteiger partial charge in [0.1, 0.15) is 5.75 Å². The van der Waals surface area contributed by atoms with Gasteiger partial charge in [0.25, 0.3) is 5.91 Å². The highest BCUT2D eigenvalue weighted by Gasteiger charge is 2.10. The summed E-state index contributed by atoms with van der Waals surface area (Å²) in [7, 11) is 3.37. The third-order valence-corrected chi connectivity index (χ3v) is 3.35. The standard InChI is InChI=1S/C17H18N4O4/c1-21(2)16(22)11-24-13-6-3-5-12(9-13)18-10-15-19-17(20-25-15)14-7-4-8-23-14/h3-9,18H,10-11H2,1-2H3. The van der Waals surface area contributed by atoms with Crippen LogP contribution in [0.1, 0.15) is 5.89 Å². The maximum Gasteiger partial charge on any atom is 0.259 e. The molecular formula is C17H18N4O4. The molecule has 0 bridgehead atoms. The Morgan fingerprint density at radius 2 is 2.16 bits per heavy atom. The summed E-state index contributed by atoms with van der Waals surface area (Å²) in [5.41, 5.74) is 0.813. The number of amides is 1. The van der Waals surface area contributed by atoms with Gasteiger partial charge >= 0.3 is 0 Å². The Morgan fingerprint density at radius 1 is 1.28 bits per heavy atom. The number of furan rings is 1. The molecular weight excluding hydrogens is 324 g/mol. The van der Waals surface area contributed by atoms with Gasteiger partial charge in [-0.2, -0.15) is 4.98 Å². The van der Waals surface area contributed by atoms with Gasteiger partial charge in [-0.25, -0.2) is 0 Å². The van der Waals surface area contributed by atoms with E-state index in [9.17, 15) is 4.79 Å². The Balaban J connectivity index is 1.56. The zero-order chi connectivity index (χ0) is 17.6. The van der Waals surface area contributed by atoms with E-state index >= 15 is 0 Å². The van der Waals surface area contributed by atoms with Crippen LogP contribution >= 0.6 is 0 Å². The summed E-state index contributed by atoms with van der Waals surface area (Å²) in [5.74, 6) is 1.88. The number of ether oxygens (including phenoxy) is 1. The van der Waals surface area contributed by atoms with Crippen LogP contribution < -0.4 is 10.1 Å². The third kappa shape index (κ3) is 4.37. The fraction of sp³-hybridized carbons (Fsp3) is 0.235. The molecule has 0 saturated heterocycles. The highest BCUT2D eigenvalue weighted by molar-refractivity contribution is 5.77. The fourth-order valence-corrected chi connectivity index (χ4v) is 1.98. The summed E-state index contributed by atoms with van der Waals surface area (Å²) in [4.78, 5) is 17.3. The lowest BCUT2D eigenvalue weighted by molar-refractivity contribution is -0.130. The van der Waals surface area contributed by atoms with Crippen LogP contribution in [0.2, 0.25) is 0 Å². The first kappa shape index (κ1) is 16.6. The summed E-state index contributed by atoms with van der Waals surface area (Å²) >= 11 is 0. The lowest BCUT2D eigenvalue weighted by Gasteiger charge is -2.12. The number of benzene rings is 1. The molecule has 25 heavy (non-hydrogen) atoms. The second-order valence-corrected chi connectivity index (χ2v) is 5.45. The lowest BCUT2D eigenvalue weighted by atomic mass is 10.3. The van der Waals surface area contributed by atoms with E-state index in [1.807, 2.05) is 12.1 Å². The zero-order valence-electron chi connectivity index (χ0n) is 13.9. The van der Waals surface area contributed by atoms with E-state index < -0.39 is 0 Å². The summed E-state index contributed by atoms with van der Waals surface area (Å²) in [5, 5.41) is 7.04. The SMILES string of the molecule is CN(C)C(=O)COc1cccc(NCc2nc(-c3ccco3)no2)c1. The Kier molecular flexibility index (Phi) is 4.98. The van der Waals surface area contributed by atoms with Crippen LogP contribution in [0.4, 0.5) is 5.69 Å². The van der Waals surface area contributed by atoms with Gasteiger partial charge in [0.2, 0.25) is 11.7 Å². The van der Waals surface area contributed by atoms with Crippen molar-refractivity contribution in [2.75, 3.05) is 26.0 Å². The van der Waals surface area contributed by atoms with Crippen molar-refractivity contribution in [3.63, 3.8) is 0 Å². The number of aromatic nitrogens is 2. The molecule has 0 unspecified atom stereocenters. The Labute approximate surface area is 144 Å². The van der Waals surface area contributed by atoms with Crippen molar-refractivity contribution in [2.24, 2.45) is 0 Å². The van der Waals surface area contributed by atoms with Crippen LogP contribution in [0, 0.1) is 0 Å². The van der Waals surface area contributed by atoms with Crippen molar-refractivity contribution in [1.82, 2.24) is 15.0 Å². The maximum atomic E-state index is 11.6. The molecule has 1 amide bonds. The van der Waals surface area contributed by atoms with Crippen molar-refractivity contribution in [3.05, 3.63) is 48.6 Å². The molecule has 0 aliphatic heterocycles. The smallest absolute Gasteiger partial charge is 0.259 e. The first-order valence-electron chi connectivity index (χ1n) is 7.65. The van der Waals surface area contributed by atoms with Crippen molar-refractivity contribution in [3.8, 4) is 17.3 Å². The molecule has 3 aromatic rings. The summed E-state index contributed by atoms with van der Waals surface area (Å²) < 4.78 is 15.9. The molecule has 0 spiro atoms. The monoisotopic (exact) mass is 342 g/mol. The number of carbonyl (C=O) groups is 1. The van der Waals surface area contributed by atoms with Crippen LogP contribution in [-0.4, -0.2) is 41.6 Å². The Hall–Kier alpha value is -3.29. The van der Waals surface area contributed by atoms with E-state index in [0.29, 0.717) is 29.8 Å². The zero-order valence-corrected chi connectivity index (χ0v) is 13.9. The normalized spacial score (nSPS) is 10.5. The predicted octanol–water partition coefficient (Wildman–Crippen LogP) is 2.41. The van der Waals surface area contributed by atoms with Crippen LogP contribution in [0.25, 0.3) is 11.6 Å². The first-order valence-corrected chi connectivity index (χ1v) is 7.65. The average Bonchev–Trinajstić information content (AvgIpc) is 3.29. The molecule has 1 N–H and O–H groups in total. The molecule has 3 rings (SSSR count). The molecule has 0 aliphatic carbocycles. The van der Waals surface area contributed by atoms with E-state index in [1.165, 1.54) is 4.90 Å². The van der Waals surface area contributed by atoms with Crippen molar-refractivity contribution < 1.29 is 18.5 Å². The summed E-state index contributed by atoms with van der Waals surface area (Å²) in [6.07, 6.45) is 1.55. The number of carbonyl (C=O) groups excluding carboxylic acids is 1. The number of hydrogen-bond acceptors (Lipinski definition) is 7. The highest BCUT2D eigenvalue weighted by Crippen LogP contribution is 2.19. The number of nitrogens with zero attached hydrogens (tertiary/aromatic N) is 3. The topological polar surface area (TPSA) is 93.6 Å². The lowest BCUT2D eigenvalue weighted by Crippen LogP contribution is -2.27. The number of nitrogens with one attached hydrogen (secondary N) is 1. The van der Waals surface area contributed by atoms with Crippen molar-refractivity contribution in [1.29, 1.82) is 0 Å². The van der Waals surface area contributed by atoms with Crippen LogP contribution in [0.15, 0.2) is 51.6 Å². The van der Waals surface area contributed by atoms with Gasteiger partial charge in [-0.15, -0.1) is 0 Å². The van der Waals surface area contributed by atoms with Gasteiger partial charge < -0.3 is 23.9 Å². The minimum absolute atomic E-state index is 0.00732. The van der Waals surface area contributed by atoms with Gasteiger partial charge in [0.05, 0.1) is 12.8 Å². The van der Waals surface area contributed by atoms with E-state index in [1.54, 1.807) is 44.6 Å². The van der Waals surface area contributed by atoms with Crippen molar-refractivity contribution in [2.45, 2.75) is 6.54 Å². The molecule has 0 saturated carbocycles. The molecule has 8 heteroatoms. The van der Waals surface area contributed by atoms with Gasteiger partial charge in [-0.1, -0.05) is 11.2 Å². The summed E-state index contributed by atoms with van der Waals surface area (Å²) in [6, 6.07) is 10.8. The fourth-order valence-electron chi connectivity index (χ4n) is 1.98. The minimum atomic E-state index is -0.102. The molecule has 0 aliphatic rings. The second kappa shape index (κ2) is 7.52. The molecule has 1 aromatic carbocycles. The number of anilines is 1. The van der Waals surface area contributed by atoms with Crippen LogP contribution in [-0.2, 0) is 11.3 Å². The first-order chi connectivity index (χ1) is 12.1. The molecule has 130 valence electrons. The second-order valence-electron chi connectivity index (χ2n) is 5.45. The molecule has 2 heterocycles. The van der Waals surface area contributed by atoms with E-state index in [4.69, 9.17) is 13.7 Å². The van der Waals surface area contributed by atoms with E-state index in [2.05, 4.69) is 15.5 Å². The Morgan fingerprint density at radius 3 is 2.92 bits per heavy atom. The summed E-state index contributed by atoms with van der Waals surface area (Å²) in [6.45, 7) is 0.348. The number of likely N-dealkylation sites (N-methyl/N-ethyl adjacent to an activating group) is 1. The molecule has 0 fully saturated rings. The molecule has 0 radical (unpaired) electrons. The largest absolute Gasteiger partial charge is 0.484 e. The van der Waals surface area contributed by atoms with Gasteiger partial charge in [0, 0.05) is 25.8 Å². The quantitative estimate of drug-likeness (QED) is 0.704. The molecule has 0 atom stereocenters. The maximum absolute atomic E-state index is 11.6. The van der Waals surface area contributed by atoms with Gasteiger partial charge in [-0.05, 0) is 24.3 Å². The number of hydrogen-bond donors (Lipinski definition) is 1. The molecule has 8 nitrogen and oxygen atoms in total. The van der Waals surface area contributed by atoms with E-state index in [0.717, 1.165) is 5.69 Å².